The van der Waals surface area contributed by atoms with Gasteiger partial charge >= 0.3 is 0 Å². The molecule has 0 unspecified atom stereocenters. The van der Waals surface area contributed by atoms with Crippen molar-refractivity contribution in [3.05, 3.63) is 24.2 Å². The van der Waals surface area contributed by atoms with Crippen LogP contribution in [0.15, 0.2) is 18.3 Å². The van der Waals surface area contributed by atoms with Crippen LogP contribution in [-0.4, -0.2) is 14.6 Å². The number of hydrogen-bond acceptors (Lipinski definition) is 3. The van der Waals surface area contributed by atoms with E-state index in [0.29, 0.717) is 11.3 Å². The molecule has 1 saturated carbocycles. The molecule has 0 saturated heterocycles. The van der Waals surface area contributed by atoms with Gasteiger partial charge in [0.05, 0.1) is 0 Å². The van der Waals surface area contributed by atoms with Crippen molar-refractivity contribution in [1.29, 1.82) is 0 Å². The Morgan fingerprint density at radius 2 is 1.80 bits per heavy atom. The molecule has 3 rings (SSSR count). The van der Waals surface area contributed by atoms with Crippen molar-refractivity contribution in [3.8, 4) is 0 Å². The largest absolute Gasteiger partial charge is 0.398 e. The Kier molecular flexibility index (Phi) is 3.19. The van der Waals surface area contributed by atoms with Crippen LogP contribution in [0.25, 0.3) is 5.65 Å². The third-order valence-corrected chi connectivity index (χ3v) is 4.77. The molecule has 2 N–H and O–H groups in total. The van der Waals surface area contributed by atoms with E-state index in [1.165, 1.54) is 25.7 Å². The van der Waals surface area contributed by atoms with E-state index in [2.05, 4.69) is 35.4 Å². The number of rotatable bonds is 1. The third kappa shape index (κ3) is 2.39. The van der Waals surface area contributed by atoms with E-state index >= 15 is 0 Å². The minimum atomic E-state index is 0.419. The summed E-state index contributed by atoms with van der Waals surface area (Å²) in [6.45, 7) is 7.06. The van der Waals surface area contributed by atoms with Crippen molar-refractivity contribution in [3.63, 3.8) is 0 Å². The average Bonchev–Trinajstić information content (AvgIpc) is 2.81. The number of anilines is 1. The lowest BCUT2D eigenvalue weighted by Gasteiger charge is -2.36. The van der Waals surface area contributed by atoms with E-state index in [-0.39, 0.29) is 0 Å². The first-order valence-corrected chi connectivity index (χ1v) is 7.55. The molecular formula is C16H24N4. The van der Waals surface area contributed by atoms with Crippen LogP contribution in [0.4, 0.5) is 5.69 Å². The van der Waals surface area contributed by atoms with E-state index < -0.39 is 0 Å². The Balaban J connectivity index is 1.82. The minimum absolute atomic E-state index is 0.419. The number of nitrogens with zero attached hydrogens (tertiary/aromatic N) is 3. The quantitative estimate of drug-likeness (QED) is 0.862. The number of nitrogen functional groups attached to an aromatic ring is 1. The first-order chi connectivity index (χ1) is 9.45. The van der Waals surface area contributed by atoms with Gasteiger partial charge < -0.3 is 5.73 Å². The fourth-order valence-corrected chi connectivity index (χ4v) is 3.42. The molecule has 1 aliphatic rings. The molecule has 0 aromatic carbocycles. The molecule has 108 valence electrons. The Labute approximate surface area is 120 Å². The summed E-state index contributed by atoms with van der Waals surface area (Å²) in [7, 11) is 0. The Morgan fingerprint density at radius 3 is 2.45 bits per heavy atom. The van der Waals surface area contributed by atoms with Gasteiger partial charge in [0, 0.05) is 17.8 Å². The predicted molar refractivity (Wildman–Crippen MR) is 81.6 cm³/mol. The molecule has 0 aliphatic heterocycles. The first kappa shape index (κ1) is 13.4. The van der Waals surface area contributed by atoms with Gasteiger partial charge in [-0.05, 0) is 49.1 Å². The summed E-state index contributed by atoms with van der Waals surface area (Å²) in [5, 5.41) is 8.66. The highest BCUT2D eigenvalue weighted by atomic mass is 15.2. The second-order valence-electron chi connectivity index (χ2n) is 7.16. The Bertz CT molecular complexity index is 600. The lowest BCUT2D eigenvalue weighted by molar-refractivity contribution is 0.167. The van der Waals surface area contributed by atoms with Gasteiger partial charge in [-0.2, -0.15) is 0 Å². The molecule has 0 radical (unpaired) electrons. The minimum Gasteiger partial charge on any atom is -0.398 e. The number of nitrogens with two attached hydrogens (primary N) is 1. The van der Waals surface area contributed by atoms with Crippen LogP contribution in [0.5, 0.6) is 0 Å². The van der Waals surface area contributed by atoms with Crippen molar-refractivity contribution in [2.24, 2.45) is 11.3 Å². The third-order valence-electron chi connectivity index (χ3n) is 4.77. The molecule has 0 atom stereocenters. The molecule has 0 bridgehead atoms. The number of aromatic nitrogens is 3. The summed E-state index contributed by atoms with van der Waals surface area (Å²) in [5.41, 5.74) is 7.96. The van der Waals surface area contributed by atoms with Gasteiger partial charge in [-0.15, -0.1) is 10.2 Å². The summed E-state index contributed by atoms with van der Waals surface area (Å²) in [6.07, 6.45) is 6.92. The van der Waals surface area contributed by atoms with Gasteiger partial charge in [0.15, 0.2) is 5.65 Å². The van der Waals surface area contributed by atoms with E-state index in [4.69, 9.17) is 5.73 Å². The molecule has 0 spiro atoms. The zero-order valence-electron chi connectivity index (χ0n) is 12.6. The second-order valence-corrected chi connectivity index (χ2v) is 7.16. The SMILES string of the molecule is CC(C)(C)C1CCC(c2nnc3ccc(N)cn23)CC1. The van der Waals surface area contributed by atoms with Gasteiger partial charge in [0.25, 0.3) is 0 Å². The summed E-state index contributed by atoms with van der Waals surface area (Å²) in [5.74, 6) is 2.42. The Hall–Kier alpha value is -1.58. The van der Waals surface area contributed by atoms with Gasteiger partial charge in [0.1, 0.15) is 5.82 Å². The number of fused-ring (bicyclic) bond motifs is 1. The zero-order chi connectivity index (χ0) is 14.3. The van der Waals surface area contributed by atoms with Crippen molar-refractivity contribution < 1.29 is 0 Å². The monoisotopic (exact) mass is 272 g/mol. The first-order valence-electron chi connectivity index (χ1n) is 7.55. The van der Waals surface area contributed by atoms with E-state index in [9.17, 15) is 0 Å². The summed E-state index contributed by atoms with van der Waals surface area (Å²) in [6, 6.07) is 3.82. The van der Waals surface area contributed by atoms with E-state index in [0.717, 1.165) is 23.1 Å². The maximum atomic E-state index is 5.88. The Morgan fingerprint density at radius 1 is 1.10 bits per heavy atom. The smallest absolute Gasteiger partial charge is 0.160 e. The molecule has 4 nitrogen and oxygen atoms in total. The van der Waals surface area contributed by atoms with Crippen molar-refractivity contribution in [1.82, 2.24) is 14.6 Å². The standard InChI is InChI=1S/C16H24N4/c1-16(2,3)12-6-4-11(5-7-12)15-19-18-14-9-8-13(17)10-20(14)15/h8-12H,4-7,17H2,1-3H3. The van der Waals surface area contributed by atoms with Crippen LogP contribution >= 0.6 is 0 Å². The fourth-order valence-electron chi connectivity index (χ4n) is 3.42. The van der Waals surface area contributed by atoms with Crippen LogP contribution in [0.1, 0.15) is 58.2 Å². The van der Waals surface area contributed by atoms with Crippen molar-refractivity contribution in [2.75, 3.05) is 5.73 Å². The van der Waals surface area contributed by atoms with Gasteiger partial charge in [-0.25, -0.2) is 0 Å². The maximum absolute atomic E-state index is 5.88. The average molecular weight is 272 g/mol. The molecule has 20 heavy (non-hydrogen) atoms. The molecule has 4 heteroatoms. The van der Waals surface area contributed by atoms with Crippen LogP contribution < -0.4 is 5.73 Å². The molecule has 0 amide bonds. The molecule has 2 aromatic rings. The van der Waals surface area contributed by atoms with Gasteiger partial charge in [-0.1, -0.05) is 20.8 Å². The second kappa shape index (κ2) is 4.76. The topological polar surface area (TPSA) is 56.2 Å². The van der Waals surface area contributed by atoms with Crippen LogP contribution in [-0.2, 0) is 0 Å². The molecule has 2 heterocycles. The highest BCUT2D eigenvalue weighted by Gasteiger charge is 2.31. The molecule has 1 aliphatic carbocycles. The van der Waals surface area contributed by atoms with Crippen LogP contribution in [0, 0.1) is 11.3 Å². The highest BCUT2D eigenvalue weighted by Crippen LogP contribution is 2.42. The maximum Gasteiger partial charge on any atom is 0.160 e. The molecular weight excluding hydrogens is 248 g/mol. The van der Waals surface area contributed by atoms with Crippen LogP contribution in [0.3, 0.4) is 0 Å². The fraction of sp³-hybridized carbons (Fsp3) is 0.625. The predicted octanol–water partition coefficient (Wildman–Crippen LogP) is 3.63. The van der Waals surface area contributed by atoms with Gasteiger partial charge in [0.2, 0.25) is 0 Å². The zero-order valence-corrected chi connectivity index (χ0v) is 12.6. The normalized spacial score (nSPS) is 24.1. The van der Waals surface area contributed by atoms with Crippen LogP contribution in [0.2, 0.25) is 0 Å². The lowest BCUT2D eigenvalue weighted by atomic mass is 9.70. The summed E-state index contributed by atoms with van der Waals surface area (Å²) in [4.78, 5) is 0. The van der Waals surface area contributed by atoms with Crippen molar-refractivity contribution >= 4 is 11.3 Å². The highest BCUT2D eigenvalue weighted by molar-refractivity contribution is 5.47. The number of hydrogen-bond donors (Lipinski definition) is 1. The number of pyridine rings is 1. The van der Waals surface area contributed by atoms with Gasteiger partial charge in [-0.3, -0.25) is 4.40 Å². The lowest BCUT2D eigenvalue weighted by Crippen LogP contribution is -2.25. The summed E-state index contributed by atoms with van der Waals surface area (Å²) >= 11 is 0. The summed E-state index contributed by atoms with van der Waals surface area (Å²) < 4.78 is 2.07. The van der Waals surface area contributed by atoms with Crippen molar-refractivity contribution in [2.45, 2.75) is 52.4 Å². The van der Waals surface area contributed by atoms with E-state index in [1.807, 2.05) is 18.3 Å². The van der Waals surface area contributed by atoms with E-state index in [1.54, 1.807) is 0 Å². The molecule has 1 fully saturated rings. The molecule has 2 aromatic heterocycles.